The summed E-state index contributed by atoms with van der Waals surface area (Å²) in [5.41, 5.74) is 3.89. The van der Waals surface area contributed by atoms with Gasteiger partial charge in [0.15, 0.2) is 10.8 Å². The summed E-state index contributed by atoms with van der Waals surface area (Å²) in [6, 6.07) is 0. The maximum absolute atomic E-state index is 11.2. The van der Waals surface area contributed by atoms with Crippen LogP contribution >= 0.6 is 34.8 Å². The second-order valence-electron chi connectivity index (χ2n) is 6.99. The minimum atomic E-state index is -1.28. The van der Waals surface area contributed by atoms with Gasteiger partial charge in [-0.3, -0.25) is 5.43 Å². The van der Waals surface area contributed by atoms with Crippen molar-refractivity contribution in [2.75, 3.05) is 5.43 Å². The van der Waals surface area contributed by atoms with Crippen LogP contribution in [0.2, 0.25) is 15.2 Å². The molecule has 0 atom stereocenters. The Balaban J connectivity index is 2.17. The molecule has 1 aliphatic rings. The van der Waals surface area contributed by atoms with Crippen molar-refractivity contribution in [3.05, 3.63) is 20.9 Å². The van der Waals surface area contributed by atoms with E-state index in [4.69, 9.17) is 39.9 Å². The van der Waals surface area contributed by atoms with Gasteiger partial charge in [0.25, 0.3) is 0 Å². The van der Waals surface area contributed by atoms with Gasteiger partial charge >= 0.3 is 5.97 Å². The van der Waals surface area contributed by atoms with Crippen LogP contribution in [-0.2, 0) is 0 Å². The molecule has 1 aliphatic carbocycles. The number of hydrogen-bond acceptors (Lipinski definition) is 4. The van der Waals surface area contributed by atoms with Gasteiger partial charge in [0, 0.05) is 5.71 Å². The predicted molar refractivity (Wildman–Crippen MR) is 98.7 cm³/mol. The summed E-state index contributed by atoms with van der Waals surface area (Å²) < 4.78 is 0. The van der Waals surface area contributed by atoms with E-state index in [1.54, 1.807) is 0 Å². The zero-order valence-corrected chi connectivity index (χ0v) is 16.1. The van der Waals surface area contributed by atoms with Crippen LogP contribution in [0, 0.1) is 11.3 Å². The Morgan fingerprint density at radius 2 is 1.79 bits per heavy atom. The molecule has 2 rings (SSSR count). The molecule has 1 aromatic heterocycles. The average Bonchev–Trinajstić information content (AvgIpc) is 2.50. The SMILES string of the molecule is CC(C)(C)C1CCC(=NNc2c(Cl)c(Cl)nc(C(=O)O)c2Cl)CC1. The van der Waals surface area contributed by atoms with Crippen molar-refractivity contribution in [2.45, 2.75) is 46.5 Å². The summed E-state index contributed by atoms with van der Waals surface area (Å²) >= 11 is 18.0. The van der Waals surface area contributed by atoms with Gasteiger partial charge in [-0.2, -0.15) is 5.10 Å². The molecule has 0 aliphatic heterocycles. The fourth-order valence-corrected chi connectivity index (χ4v) is 3.48. The van der Waals surface area contributed by atoms with Crippen molar-refractivity contribution in [3.8, 4) is 0 Å². The first kappa shape index (κ1) is 19.3. The summed E-state index contributed by atoms with van der Waals surface area (Å²) in [4.78, 5) is 14.8. The van der Waals surface area contributed by atoms with Gasteiger partial charge in [0.2, 0.25) is 0 Å². The number of anilines is 1. The first-order valence-electron chi connectivity index (χ1n) is 7.70. The summed E-state index contributed by atoms with van der Waals surface area (Å²) in [5.74, 6) is -0.613. The van der Waals surface area contributed by atoms with Crippen molar-refractivity contribution in [1.29, 1.82) is 0 Å². The molecule has 0 bridgehead atoms. The van der Waals surface area contributed by atoms with E-state index in [1.807, 2.05) is 0 Å². The molecule has 1 heterocycles. The lowest BCUT2D eigenvalue weighted by Gasteiger charge is -2.34. The first-order valence-corrected chi connectivity index (χ1v) is 8.84. The van der Waals surface area contributed by atoms with Crippen LogP contribution in [0.1, 0.15) is 56.9 Å². The van der Waals surface area contributed by atoms with E-state index >= 15 is 0 Å². The number of hydrazone groups is 1. The van der Waals surface area contributed by atoms with Gasteiger partial charge in [-0.25, -0.2) is 9.78 Å². The van der Waals surface area contributed by atoms with Crippen LogP contribution < -0.4 is 5.43 Å². The number of carboxylic acids is 1. The van der Waals surface area contributed by atoms with Crippen LogP contribution in [0.3, 0.4) is 0 Å². The van der Waals surface area contributed by atoms with Crippen LogP contribution in [-0.4, -0.2) is 21.8 Å². The molecule has 1 fully saturated rings. The molecular formula is C16H20Cl3N3O2. The molecule has 1 aromatic rings. The molecule has 0 spiro atoms. The van der Waals surface area contributed by atoms with Crippen LogP contribution in [0.4, 0.5) is 5.69 Å². The quantitative estimate of drug-likeness (QED) is 0.507. The van der Waals surface area contributed by atoms with Crippen LogP contribution in [0.5, 0.6) is 0 Å². The third-order valence-corrected chi connectivity index (χ3v) is 5.46. The Bertz CT molecular complexity index is 674. The highest BCUT2D eigenvalue weighted by Crippen LogP contribution is 2.38. The molecule has 0 radical (unpaired) electrons. The molecule has 5 nitrogen and oxygen atoms in total. The highest BCUT2D eigenvalue weighted by molar-refractivity contribution is 6.46. The summed E-state index contributed by atoms with van der Waals surface area (Å²) in [6.07, 6.45) is 3.91. The van der Waals surface area contributed by atoms with Crippen molar-refractivity contribution in [1.82, 2.24) is 4.98 Å². The molecule has 0 unspecified atom stereocenters. The second kappa shape index (κ2) is 7.46. The number of carbonyl (C=O) groups is 1. The summed E-state index contributed by atoms with van der Waals surface area (Å²) in [7, 11) is 0. The van der Waals surface area contributed by atoms with Crippen molar-refractivity contribution in [3.63, 3.8) is 0 Å². The smallest absolute Gasteiger partial charge is 0.356 e. The lowest BCUT2D eigenvalue weighted by molar-refractivity contribution is 0.0691. The van der Waals surface area contributed by atoms with Gasteiger partial charge < -0.3 is 5.11 Å². The molecule has 132 valence electrons. The Morgan fingerprint density at radius 1 is 1.21 bits per heavy atom. The number of pyridine rings is 1. The van der Waals surface area contributed by atoms with E-state index in [0.717, 1.165) is 31.4 Å². The predicted octanol–water partition coefficient (Wildman–Crippen LogP) is 5.74. The highest BCUT2D eigenvalue weighted by Gasteiger charge is 2.28. The number of rotatable bonds is 3. The fourth-order valence-electron chi connectivity index (χ4n) is 2.82. The Labute approximate surface area is 156 Å². The van der Waals surface area contributed by atoms with Gasteiger partial charge in [0.05, 0.1) is 5.69 Å². The van der Waals surface area contributed by atoms with E-state index in [-0.39, 0.29) is 26.6 Å². The minimum absolute atomic E-state index is 0.0550. The van der Waals surface area contributed by atoms with Gasteiger partial charge in [-0.05, 0) is 37.0 Å². The summed E-state index contributed by atoms with van der Waals surface area (Å²) in [6.45, 7) is 6.76. The third-order valence-electron chi connectivity index (χ3n) is 4.35. The van der Waals surface area contributed by atoms with E-state index in [0.29, 0.717) is 11.3 Å². The number of carboxylic acid groups (broad SMARTS) is 1. The zero-order chi connectivity index (χ0) is 18.1. The Kier molecular flexibility index (Phi) is 6.00. The number of aromatic nitrogens is 1. The normalized spacial score (nSPS) is 18.4. The van der Waals surface area contributed by atoms with Crippen LogP contribution in [0.25, 0.3) is 0 Å². The number of halogens is 3. The molecule has 0 saturated heterocycles. The molecule has 8 heteroatoms. The lowest BCUT2D eigenvalue weighted by Crippen LogP contribution is -2.26. The number of aromatic carboxylic acids is 1. The first-order chi connectivity index (χ1) is 11.1. The number of nitrogens with zero attached hydrogens (tertiary/aromatic N) is 2. The molecule has 24 heavy (non-hydrogen) atoms. The molecular weight excluding hydrogens is 373 g/mol. The van der Waals surface area contributed by atoms with Crippen molar-refractivity contribution >= 4 is 52.2 Å². The topological polar surface area (TPSA) is 74.6 Å². The standard InChI is InChI=1S/C16H20Cl3N3O2/c1-16(2,3)8-4-6-9(7-5-8)21-22-12-10(17)13(15(23)24)20-14(19)11(12)18/h8H,4-7H2,1-3H3,(H,20,22)(H,23,24). The number of hydrogen-bond donors (Lipinski definition) is 2. The van der Waals surface area contributed by atoms with E-state index in [2.05, 4.69) is 36.3 Å². The van der Waals surface area contributed by atoms with Gasteiger partial charge in [-0.15, -0.1) is 0 Å². The average molecular weight is 393 g/mol. The maximum atomic E-state index is 11.2. The molecule has 1 saturated carbocycles. The number of nitrogens with one attached hydrogen (secondary N) is 1. The monoisotopic (exact) mass is 391 g/mol. The second-order valence-corrected chi connectivity index (χ2v) is 8.10. The van der Waals surface area contributed by atoms with Crippen molar-refractivity contribution < 1.29 is 9.90 Å². The third kappa shape index (κ3) is 4.32. The lowest BCUT2D eigenvalue weighted by atomic mass is 9.72. The zero-order valence-electron chi connectivity index (χ0n) is 13.8. The van der Waals surface area contributed by atoms with E-state index in [1.165, 1.54) is 0 Å². The van der Waals surface area contributed by atoms with E-state index < -0.39 is 5.97 Å². The fraction of sp³-hybridized carbons (Fsp3) is 0.562. The van der Waals surface area contributed by atoms with Crippen molar-refractivity contribution in [2.24, 2.45) is 16.4 Å². The largest absolute Gasteiger partial charge is 0.476 e. The highest BCUT2D eigenvalue weighted by atomic mass is 35.5. The molecule has 0 aromatic carbocycles. The van der Waals surface area contributed by atoms with Gasteiger partial charge in [0.1, 0.15) is 10.0 Å². The van der Waals surface area contributed by atoms with Gasteiger partial charge in [-0.1, -0.05) is 55.6 Å². The Morgan fingerprint density at radius 3 is 2.29 bits per heavy atom. The Hall–Kier alpha value is -1.04. The van der Waals surface area contributed by atoms with E-state index in [9.17, 15) is 4.79 Å². The molecule has 2 N–H and O–H groups in total. The molecule has 0 amide bonds. The summed E-state index contributed by atoms with van der Waals surface area (Å²) in [5, 5.41) is 13.3. The minimum Gasteiger partial charge on any atom is -0.476 e. The van der Waals surface area contributed by atoms with Crippen LogP contribution in [0.15, 0.2) is 5.10 Å². The maximum Gasteiger partial charge on any atom is 0.356 e.